The summed E-state index contributed by atoms with van der Waals surface area (Å²) in [5.41, 5.74) is 3.09. The number of nitrogens with two attached hydrogens (primary N) is 1. The molecule has 0 aliphatic heterocycles. The number of ketones is 1. The smallest absolute Gasteiger partial charge is 0.211 e. The standard InChI is InChI=1S/C26H23N5O3S/c1-33-21-13-12-17(14-22(21)34-2)25-29-30-26(31(25)27)35-24(16-8-4-3-5-9-16)23(32)19-15-28-20-11-7-6-10-18(19)20/h3-15,24,28H,27H2,1-2H3/t24-/m0/s1. The number of Topliss-reactive ketones (excluding diaryl/α,β-unsaturated/α-hetero) is 1. The summed E-state index contributed by atoms with van der Waals surface area (Å²) in [4.78, 5) is 17.0. The Labute approximate surface area is 206 Å². The first kappa shape index (κ1) is 22.5. The number of aromatic nitrogens is 4. The highest BCUT2D eigenvalue weighted by molar-refractivity contribution is 8.00. The van der Waals surface area contributed by atoms with Crippen LogP contribution in [0.4, 0.5) is 0 Å². The van der Waals surface area contributed by atoms with Gasteiger partial charge in [-0.05, 0) is 29.8 Å². The molecule has 0 aliphatic rings. The van der Waals surface area contributed by atoms with Crippen LogP contribution in [0.25, 0.3) is 22.3 Å². The first-order valence-electron chi connectivity index (χ1n) is 10.9. The van der Waals surface area contributed by atoms with E-state index in [4.69, 9.17) is 15.3 Å². The minimum absolute atomic E-state index is 0.0469. The zero-order chi connectivity index (χ0) is 24.4. The third kappa shape index (κ3) is 4.22. The summed E-state index contributed by atoms with van der Waals surface area (Å²) in [6, 6.07) is 22.7. The molecule has 3 N–H and O–H groups in total. The van der Waals surface area contributed by atoms with E-state index in [1.807, 2.05) is 60.7 Å². The second-order valence-electron chi connectivity index (χ2n) is 7.77. The van der Waals surface area contributed by atoms with E-state index in [9.17, 15) is 4.79 Å². The maximum Gasteiger partial charge on any atom is 0.211 e. The lowest BCUT2D eigenvalue weighted by Crippen LogP contribution is -2.15. The van der Waals surface area contributed by atoms with E-state index in [2.05, 4.69) is 15.2 Å². The Hall–Kier alpha value is -4.24. The second-order valence-corrected chi connectivity index (χ2v) is 8.84. The Morgan fingerprint density at radius 2 is 1.71 bits per heavy atom. The van der Waals surface area contributed by atoms with E-state index in [0.717, 1.165) is 16.5 Å². The highest BCUT2D eigenvalue weighted by Gasteiger charge is 2.28. The van der Waals surface area contributed by atoms with E-state index in [1.54, 1.807) is 32.5 Å². The molecular formula is C26H23N5O3S. The number of hydrogen-bond acceptors (Lipinski definition) is 7. The van der Waals surface area contributed by atoms with Crippen molar-refractivity contribution in [1.82, 2.24) is 19.9 Å². The lowest BCUT2D eigenvalue weighted by molar-refractivity contribution is 0.0991. The summed E-state index contributed by atoms with van der Waals surface area (Å²) in [6.45, 7) is 0. The van der Waals surface area contributed by atoms with Gasteiger partial charge in [-0.15, -0.1) is 10.2 Å². The lowest BCUT2D eigenvalue weighted by Gasteiger charge is -2.15. The number of methoxy groups -OCH3 is 2. The van der Waals surface area contributed by atoms with Crippen molar-refractivity contribution < 1.29 is 14.3 Å². The van der Waals surface area contributed by atoms with Crippen molar-refractivity contribution in [2.45, 2.75) is 10.4 Å². The van der Waals surface area contributed by atoms with E-state index in [1.165, 1.54) is 16.4 Å². The third-order valence-electron chi connectivity index (χ3n) is 5.72. The molecule has 0 unspecified atom stereocenters. The van der Waals surface area contributed by atoms with Crippen molar-refractivity contribution in [2.75, 3.05) is 20.1 Å². The summed E-state index contributed by atoms with van der Waals surface area (Å²) < 4.78 is 12.1. The molecule has 9 heteroatoms. The number of rotatable bonds is 8. The molecule has 176 valence electrons. The minimum Gasteiger partial charge on any atom is -0.493 e. The molecule has 0 amide bonds. The normalized spacial score (nSPS) is 11.9. The summed E-state index contributed by atoms with van der Waals surface area (Å²) in [7, 11) is 3.14. The SMILES string of the molecule is COc1ccc(-c2nnc(S[C@H](C(=O)c3c[nH]c4ccccc34)c3ccccc3)n2N)cc1OC. The fourth-order valence-corrected chi connectivity index (χ4v) is 4.98. The number of nitrogens with one attached hydrogen (secondary N) is 1. The second kappa shape index (κ2) is 9.55. The molecule has 8 nitrogen and oxygen atoms in total. The number of carbonyl (C=O) groups is 1. The van der Waals surface area contributed by atoms with Crippen molar-refractivity contribution in [2.24, 2.45) is 0 Å². The van der Waals surface area contributed by atoms with Crippen LogP contribution in [0.2, 0.25) is 0 Å². The number of thioether (sulfide) groups is 1. The maximum absolute atomic E-state index is 13.8. The number of fused-ring (bicyclic) bond motifs is 1. The predicted molar refractivity (Wildman–Crippen MR) is 136 cm³/mol. The van der Waals surface area contributed by atoms with Crippen LogP contribution in [-0.4, -0.2) is 39.9 Å². The molecule has 0 aliphatic carbocycles. The summed E-state index contributed by atoms with van der Waals surface area (Å²) >= 11 is 1.26. The van der Waals surface area contributed by atoms with Crippen LogP contribution >= 0.6 is 11.8 Å². The van der Waals surface area contributed by atoms with Gasteiger partial charge in [0.15, 0.2) is 23.1 Å². The summed E-state index contributed by atoms with van der Waals surface area (Å²) in [5, 5.41) is 9.31. The molecule has 0 saturated carbocycles. The van der Waals surface area contributed by atoms with Gasteiger partial charge in [-0.1, -0.05) is 60.3 Å². The van der Waals surface area contributed by atoms with Gasteiger partial charge < -0.3 is 20.3 Å². The Kier molecular flexibility index (Phi) is 6.15. The van der Waals surface area contributed by atoms with Crippen molar-refractivity contribution >= 4 is 28.4 Å². The van der Waals surface area contributed by atoms with Gasteiger partial charge in [0.1, 0.15) is 5.25 Å². The zero-order valence-corrected chi connectivity index (χ0v) is 20.0. The first-order chi connectivity index (χ1) is 17.1. The number of aromatic amines is 1. The van der Waals surface area contributed by atoms with Crippen LogP contribution in [0.5, 0.6) is 11.5 Å². The fourth-order valence-electron chi connectivity index (χ4n) is 3.95. The van der Waals surface area contributed by atoms with E-state index in [-0.39, 0.29) is 5.78 Å². The number of para-hydroxylation sites is 1. The number of benzene rings is 3. The third-order valence-corrected chi connectivity index (χ3v) is 6.94. The Morgan fingerprint density at radius 3 is 2.49 bits per heavy atom. The monoisotopic (exact) mass is 485 g/mol. The van der Waals surface area contributed by atoms with Gasteiger partial charge in [0.25, 0.3) is 0 Å². The molecule has 5 aromatic rings. The molecule has 3 aromatic carbocycles. The Bertz CT molecular complexity index is 1500. The van der Waals surface area contributed by atoms with Gasteiger partial charge in [-0.25, -0.2) is 4.68 Å². The molecule has 1 atom stereocenters. The minimum atomic E-state index is -0.569. The molecule has 0 bridgehead atoms. The number of nitrogens with zero attached hydrogens (tertiary/aromatic N) is 3. The van der Waals surface area contributed by atoms with Gasteiger partial charge in [0, 0.05) is 28.2 Å². The molecular weight excluding hydrogens is 462 g/mol. The van der Waals surface area contributed by atoms with Crippen LogP contribution in [0.1, 0.15) is 21.2 Å². The number of H-pyrrole nitrogens is 1. The van der Waals surface area contributed by atoms with Crippen LogP contribution in [0, 0.1) is 0 Å². The molecule has 0 radical (unpaired) electrons. The molecule has 35 heavy (non-hydrogen) atoms. The topological polar surface area (TPSA) is 108 Å². The highest BCUT2D eigenvalue weighted by atomic mass is 32.2. The highest BCUT2D eigenvalue weighted by Crippen LogP contribution is 2.39. The number of nitrogen functional groups attached to an aromatic ring is 1. The number of hydrogen-bond donors (Lipinski definition) is 2. The fraction of sp³-hybridized carbons (Fsp3) is 0.115. The van der Waals surface area contributed by atoms with Crippen LogP contribution < -0.4 is 15.3 Å². The molecule has 2 aromatic heterocycles. The van der Waals surface area contributed by atoms with E-state index < -0.39 is 5.25 Å². The van der Waals surface area contributed by atoms with Crippen LogP contribution in [-0.2, 0) is 0 Å². The number of carbonyl (C=O) groups excluding carboxylic acids is 1. The predicted octanol–water partition coefficient (Wildman–Crippen LogP) is 4.87. The summed E-state index contributed by atoms with van der Waals surface area (Å²) in [6.07, 6.45) is 1.76. The number of ether oxygens (including phenoxy) is 2. The average Bonchev–Trinajstić information content (AvgIpc) is 3.50. The van der Waals surface area contributed by atoms with Gasteiger partial charge in [0.05, 0.1) is 14.2 Å². The first-order valence-corrected chi connectivity index (χ1v) is 11.7. The molecule has 0 fully saturated rings. The van der Waals surface area contributed by atoms with Gasteiger partial charge in [-0.3, -0.25) is 4.79 Å². The van der Waals surface area contributed by atoms with E-state index >= 15 is 0 Å². The van der Waals surface area contributed by atoms with Gasteiger partial charge in [-0.2, -0.15) is 0 Å². The van der Waals surface area contributed by atoms with Gasteiger partial charge in [0.2, 0.25) is 5.16 Å². The molecule has 2 heterocycles. The van der Waals surface area contributed by atoms with Crippen molar-refractivity contribution in [3.63, 3.8) is 0 Å². The molecule has 0 saturated heterocycles. The van der Waals surface area contributed by atoms with E-state index in [0.29, 0.717) is 33.6 Å². The van der Waals surface area contributed by atoms with Crippen molar-refractivity contribution in [3.05, 3.63) is 90.1 Å². The largest absolute Gasteiger partial charge is 0.493 e. The molecule has 5 rings (SSSR count). The lowest BCUT2D eigenvalue weighted by atomic mass is 10.0. The average molecular weight is 486 g/mol. The maximum atomic E-state index is 13.8. The van der Waals surface area contributed by atoms with Gasteiger partial charge >= 0.3 is 0 Å². The zero-order valence-electron chi connectivity index (χ0n) is 19.1. The molecule has 0 spiro atoms. The summed E-state index contributed by atoms with van der Waals surface area (Å²) in [5.74, 6) is 7.97. The quantitative estimate of drug-likeness (QED) is 0.183. The van der Waals surface area contributed by atoms with Crippen molar-refractivity contribution in [3.8, 4) is 22.9 Å². The van der Waals surface area contributed by atoms with Crippen LogP contribution in [0.15, 0.2) is 84.1 Å². The Balaban J connectivity index is 1.52. The van der Waals surface area contributed by atoms with Crippen molar-refractivity contribution in [1.29, 1.82) is 0 Å². The Morgan fingerprint density at radius 1 is 0.971 bits per heavy atom. The van der Waals surface area contributed by atoms with Crippen LogP contribution in [0.3, 0.4) is 0 Å².